The Morgan fingerprint density at radius 2 is 1.17 bits per heavy atom. The SMILES string of the molecule is O=C1C(c2ccccc2)=C(c2ccccc2)C(=O)N1OS(=O)[O-]. The lowest BCUT2D eigenvalue weighted by atomic mass is 9.96. The molecule has 1 atom stereocenters. The molecule has 0 saturated carbocycles. The molecule has 0 aliphatic carbocycles. The minimum atomic E-state index is -3.03. The van der Waals surface area contributed by atoms with Crippen molar-refractivity contribution < 1.29 is 22.6 Å². The molecule has 3 rings (SSSR count). The largest absolute Gasteiger partial charge is 0.748 e. The van der Waals surface area contributed by atoms with Gasteiger partial charge in [-0.15, -0.1) is 5.06 Å². The second-order valence-corrected chi connectivity index (χ2v) is 5.22. The van der Waals surface area contributed by atoms with E-state index in [0.717, 1.165) is 0 Å². The van der Waals surface area contributed by atoms with Crippen LogP contribution >= 0.6 is 0 Å². The van der Waals surface area contributed by atoms with Crippen LogP contribution < -0.4 is 0 Å². The molecule has 2 aromatic rings. The molecule has 1 aliphatic heterocycles. The van der Waals surface area contributed by atoms with Crippen LogP contribution in [-0.2, 0) is 25.2 Å². The van der Waals surface area contributed by atoms with Gasteiger partial charge in [-0.25, -0.2) is 4.21 Å². The first-order chi connectivity index (χ1) is 11.1. The van der Waals surface area contributed by atoms with Gasteiger partial charge in [0.05, 0.1) is 11.1 Å². The topological polar surface area (TPSA) is 86.7 Å². The molecule has 0 aromatic heterocycles. The van der Waals surface area contributed by atoms with Crippen molar-refractivity contribution in [3.8, 4) is 0 Å². The third-order valence-corrected chi connectivity index (χ3v) is 3.58. The zero-order valence-electron chi connectivity index (χ0n) is 11.7. The van der Waals surface area contributed by atoms with Gasteiger partial charge in [-0.05, 0) is 11.1 Å². The minimum absolute atomic E-state index is 0.104. The van der Waals surface area contributed by atoms with E-state index < -0.39 is 23.2 Å². The van der Waals surface area contributed by atoms with Crippen LogP contribution in [0.4, 0.5) is 0 Å². The lowest BCUT2D eigenvalue weighted by Gasteiger charge is -2.14. The number of hydrogen-bond donors (Lipinski definition) is 0. The maximum absolute atomic E-state index is 12.5. The number of carbonyl (C=O) groups is 2. The van der Waals surface area contributed by atoms with Crippen molar-refractivity contribution in [3.05, 3.63) is 71.8 Å². The smallest absolute Gasteiger partial charge is 0.287 e. The van der Waals surface area contributed by atoms with E-state index >= 15 is 0 Å². The van der Waals surface area contributed by atoms with Crippen LogP contribution in [0.25, 0.3) is 11.1 Å². The lowest BCUT2D eigenvalue weighted by Crippen LogP contribution is -2.32. The highest BCUT2D eigenvalue weighted by atomic mass is 32.2. The van der Waals surface area contributed by atoms with Crippen molar-refractivity contribution in [2.75, 3.05) is 0 Å². The van der Waals surface area contributed by atoms with E-state index in [-0.39, 0.29) is 16.2 Å². The third kappa shape index (κ3) is 2.85. The molecule has 6 nitrogen and oxygen atoms in total. The summed E-state index contributed by atoms with van der Waals surface area (Å²) in [4.78, 5) is 25.0. The predicted octanol–water partition coefficient (Wildman–Crippen LogP) is 1.69. The highest BCUT2D eigenvalue weighted by Gasteiger charge is 2.41. The Balaban J connectivity index is 2.18. The Hall–Kier alpha value is -2.61. The molecule has 1 aliphatic rings. The monoisotopic (exact) mass is 328 g/mol. The van der Waals surface area contributed by atoms with Crippen molar-refractivity contribution in [2.45, 2.75) is 0 Å². The summed E-state index contributed by atoms with van der Waals surface area (Å²) in [6, 6.07) is 17.1. The molecule has 2 amide bonds. The van der Waals surface area contributed by atoms with Gasteiger partial charge >= 0.3 is 0 Å². The summed E-state index contributed by atoms with van der Waals surface area (Å²) in [5.41, 5.74) is 1.22. The molecule has 0 fully saturated rings. The fourth-order valence-electron chi connectivity index (χ4n) is 2.38. The lowest BCUT2D eigenvalue weighted by molar-refractivity contribution is -0.161. The van der Waals surface area contributed by atoms with E-state index in [2.05, 4.69) is 4.28 Å². The number of rotatable bonds is 4. The maximum atomic E-state index is 12.5. The highest BCUT2D eigenvalue weighted by molar-refractivity contribution is 7.74. The van der Waals surface area contributed by atoms with Crippen LogP contribution in [0.3, 0.4) is 0 Å². The molecule has 0 radical (unpaired) electrons. The molecule has 116 valence electrons. The Morgan fingerprint density at radius 1 is 0.783 bits per heavy atom. The van der Waals surface area contributed by atoms with Crippen LogP contribution in [0.5, 0.6) is 0 Å². The summed E-state index contributed by atoms with van der Waals surface area (Å²) in [7, 11) is 0. The summed E-state index contributed by atoms with van der Waals surface area (Å²) in [6.07, 6.45) is 0. The van der Waals surface area contributed by atoms with Gasteiger partial charge in [-0.3, -0.25) is 9.59 Å². The van der Waals surface area contributed by atoms with E-state index in [1.807, 2.05) is 0 Å². The van der Waals surface area contributed by atoms with Crippen molar-refractivity contribution in [2.24, 2.45) is 0 Å². The third-order valence-electron chi connectivity index (χ3n) is 3.31. The number of amides is 2. The average molecular weight is 328 g/mol. The normalized spacial score (nSPS) is 16.1. The number of hydrogen-bond acceptors (Lipinski definition) is 5. The summed E-state index contributed by atoms with van der Waals surface area (Å²) in [6.45, 7) is 0. The van der Waals surface area contributed by atoms with Crippen LogP contribution in [0.1, 0.15) is 11.1 Å². The van der Waals surface area contributed by atoms with Crippen LogP contribution in [-0.4, -0.2) is 25.6 Å². The van der Waals surface area contributed by atoms with Crippen molar-refractivity contribution >= 4 is 34.3 Å². The fourth-order valence-corrected chi connectivity index (χ4v) is 2.64. The number of imide groups is 1. The van der Waals surface area contributed by atoms with Crippen molar-refractivity contribution in [1.82, 2.24) is 5.06 Å². The van der Waals surface area contributed by atoms with E-state index in [1.165, 1.54) is 0 Å². The summed E-state index contributed by atoms with van der Waals surface area (Å²) < 4.78 is 25.8. The van der Waals surface area contributed by atoms with Crippen LogP contribution in [0, 0.1) is 0 Å². The Morgan fingerprint density at radius 3 is 1.52 bits per heavy atom. The van der Waals surface area contributed by atoms with E-state index in [0.29, 0.717) is 11.1 Å². The molecular formula is C16H10NO5S-. The molecule has 1 heterocycles. The second kappa shape index (κ2) is 6.25. The van der Waals surface area contributed by atoms with Gasteiger partial charge in [0.1, 0.15) is 11.4 Å². The predicted molar refractivity (Wildman–Crippen MR) is 81.6 cm³/mol. The molecule has 0 saturated heterocycles. The number of benzene rings is 2. The summed E-state index contributed by atoms with van der Waals surface area (Å²) in [5.74, 6) is -1.63. The highest BCUT2D eigenvalue weighted by Crippen LogP contribution is 2.35. The Labute approximate surface area is 134 Å². The van der Waals surface area contributed by atoms with Gasteiger partial charge in [-0.2, -0.15) is 4.28 Å². The first-order valence-corrected chi connectivity index (χ1v) is 7.61. The van der Waals surface area contributed by atoms with Gasteiger partial charge in [0.2, 0.25) is 0 Å². The van der Waals surface area contributed by atoms with E-state index in [1.54, 1.807) is 60.7 Å². The molecule has 7 heteroatoms. The molecule has 23 heavy (non-hydrogen) atoms. The van der Waals surface area contributed by atoms with Gasteiger partial charge < -0.3 is 4.55 Å². The molecule has 0 spiro atoms. The standard InChI is InChI=1S/C16H11NO5S/c18-15-13(11-7-3-1-4-8-11)14(12-9-5-2-6-10-12)16(19)17(15)22-23(20)21/h1-10H,(H,20,21)/p-1. The Bertz CT molecular complexity index is 755. The molecule has 2 aromatic carbocycles. The van der Waals surface area contributed by atoms with Gasteiger partial charge in [-0.1, -0.05) is 60.7 Å². The summed E-state index contributed by atoms with van der Waals surface area (Å²) in [5, 5.41) is 0.258. The number of hydroxylamine groups is 2. The van der Waals surface area contributed by atoms with Crippen molar-refractivity contribution in [1.29, 1.82) is 0 Å². The van der Waals surface area contributed by atoms with Gasteiger partial charge in [0.25, 0.3) is 11.8 Å². The fraction of sp³-hybridized carbons (Fsp3) is 0. The number of nitrogens with zero attached hydrogens (tertiary/aromatic N) is 1. The number of carbonyl (C=O) groups excluding carboxylic acids is 2. The molecule has 1 unspecified atom stereocenters. The molecule has 0 bridgehead atoms. The van der Waals surface area contributed by atoms with E-state index in [4.69, 9.17) is 0 Å². The Kier molecular flexibility index (Phi) is 4.16. The summed E-state index contributed by atoms with van der Waals surface area (Å²) >= 11 is -3.03. The van der Waals surface area contributed by atoms with Gasteiger partial charge in [0.15, 0.2) is 0 Å². The zero-order chi connectivity index (χ0) is 16.4. The molecule has 0 N–H and O–H groups in total. The maximum Gasteiger partial charge on any atom is 0.287 e. The first kappa shape index (κ1) is 15.3. The van der Waals surface area contributed by atoms with E-state index in [9.17, 15) is 18.4 Å². The second-order valence-electron chi connectivity index (χ2n) is 4.67. The van der Waals surface area contributed by atoms with Gasteiger partial charge in [0, 0.05) is 0 Å². The first-order valence-electron chi connectivity index (χ1n) is 6.61. The quantitative estimate of drug-likeness (QED) is 0.630. The van der Waals surface area contributed by atoms with Crippen LogP contribution in [0.15, 0.2) is 60.7 Å². The molecular weight excluding hydrogens is 318 g/mol. The van der Waals surface area contributed by atoms with Crippen LogP contribution in [0.2, 0.25) is 0 Å². The minimum Gasteiger partial charge on any atom is -0.748 e. The van der Waals surface area contributed by atoms with Crippen molar-refractivity contribution in [3.63, 3.8) is 0 Å². The zero-order valence-corrected chi connectivity index (χ0v) is 12.5. The average Bonchev–Trinajstić information content (AvgIpc) is 2.80.